The predicted molar refractivity (Wildman–Crippen MR) is 48.8 cm³/mol. The number of rotatable bonds is 2. The van der Waals surface area contributed by atoms with Crippen LogP contribution >= 0.6 is 0 Å². The van der Waals surface area contributed by atoms with E-state index in [-0.39, 0.29) is 0 Å². The highest BCUT2D eigenvalue weighted by Crippen LogP contribution is 2.18. The molecular weight excluding hydrogens is 152 g/mol. The number of hydroxylamine groups is 2. The zero-order valence-electron chi connectivity index (χ0n) is 7.54. The maximum Gasteiger partial charge on any atom is 0.0129 e. The van der Waals surface area contributed by atoms with Gasteiger partial charge in [-0.25, -0.2) is 0 Å². The van der Waals surface area contributed by atoms with E-state index in [1.54, 1.807) is 0 Å². The van der Waals surface area contributed by atoms with Crippen molar-refractivity contribution in [2.24, 2.45) is 0 Å². The van der Waals surface area contributed by atoms with Gasteiger partial charge in [-0.05, 0) is 45.3 Å². The fourth-order valence-electron chi connectivity index (χ4n) is 2.25. The summed E-state index contributed by atoms with van der Waals surface area (Å²) >= 11 is 0. The number of likely N-dealkylation sites (tertiary alicyclic amines) is 1. The highest BCUT2D eigenvalue weighted by Gasteiger charge is 2.21. The van der Waals surface area contributed by atoms with Crippen LogP contribution in [0.15, 0.2) is 0 Å². The van der Waals surface area contributed by atoms with Gasteiger partial charge in [-0.3, -0.25) is 0 Å². The molecule has 0 aromatic carbocycles. The lowest BCUT2D eigenvalue weighted by Crippen LogP contribution is -2.36. The first-order valence-electron chi connectivity index (χ1n) is 5.02. The topological polar surface area (TPSA) is 29.5 Å². The minimum absolute atomic E-state index is 0.308. The minimum Gasteiger partial charge on any atom is -0.785 e. The first-order chi connectivity index (χ1) is 5.86. The third-order valence-electron chi connectivity index (χ3n) is 2.99. The van der Waals surface area contributed by atoms with Gasteiger partial charge in [-0.2, -0.15) is 0 Å². The van der Waals surface area contributed by atoms with E-state index in [4.69, 9.17) is 0 Å². The molecule has 0 N–H and O–H groups in total. The van der Waals surface area contributed by atoms with Crippen LogP contribution in [0.25, 0.3) is 0 Å². The molecule has 0 aliphatic carbocycles. The molecule has 2 aliphatic rings. The van der Waals surface area contributed by atoms with Gasteiger partial charge in [-0.1, -0.05) is 0 Å². The van der Waals surface area contributed by atoms with Crippen molar-refractivity contribution in [1.29, 1.82) is 0 Å². The molecule has 0 bridgehead atoms. The Hall–Kier alpha value is -0.120. The van der Waals surface area contributed by atoms with E-state index in [1.807, 2.05) is 0 Å². The van der Waals surface area contributed by atoms with Crippen molar-refractivity contribution >= 4 is 0 Å². The largest absolute Gasteiger partial charge is 0.785 e. The molecule has 1 unspecified atom stereocenters. The van der Waals surface area contributed by atoms with Crippen LogP contribution in [0.3, 0.4) is 0 Å². The molecule has 3 nitrogen and oxygen atoms in total. The molecule has 0 aromatic heterocycles. The molecule has 0 aromatic rings. The van der Waals surface area contributed by atoms with Gasteiger partial charge in [0.15, 0.2) is 0 Å². The van der Waals surface area contributed by atoms with Crippen molar-refractivity contribution in [2.75, 3.05) is 26.2 Å². The first kappa shape index (κ1) is 8.48. The number of nitrogens with zero attached hydrogens (tertiary/aromatic N) is 2. The Labute approximate surface area is 73.9 Å². The molecule has 2 rings (SSSR count). The Bertz CT molecular complexity index is 145. The average molecular weight is 169 g/mol. The van der Waals surface area contributed by atoms with Crippen LogP contribution in [0.2, 0.25) is 0 Å². The second-order valence-corrected chi connectivity index (χ2v) is 3.94. The quantitative estimate of drug-likeness (QED) is 0.618. The van der Waals surface area contributed by atoms with Crippen molar-refractivity contribution in [2.45, 2.75) is 31.7 Å². The van der Waals surface area contributed by atoms with E-state index >= 15 is 0 Å². The molecule has 0 radical (unpaired) electrons. The first-order valence-corrected chi connectivity index (χ1v) is 5.02. The average Bonchev–Trinajstić information content (AvgIpc) is 2.65. The maximum absolute atomic E-state index is 11.3. The SMILES string of the molecule is [O-]N1CCCC1CN1CCCC1. The molecule has 1 atom stereocenters. The second kappa shape index (κ2) is 3.73. The van der Waals surface area contributed by atoms with Gasteiger partial charge < -0.3 is 15.2 Å². The summed E-state index contributed by atoms with van der Waals surface area (Å²) in [7, 11) is 0. The molecule has 70 valence electrons. The van der Waals surface area contributed by atoms with E-state index in [2.05, 4.69) is 4.90 Å². The summed E-state index contributed by atoms with van der Waals surface area (Å²) in [6.45, 7) is 4.21. The fraction of sp³-hybridized carbons (Fsp3) is 1.00. The van der Waals surface area contributed by atoms with E-state index in [0.29, 0.717) is 6.04 Å². The van der Waals surface area contributed by atoms with Crippen LogP contribution in [0, 0.1) is 5.21 Å². The van der Waals surface area contributed by atoms with Crippen LogP contribution < -0.4 is 0 Å². The molecular formula is C9H17N2O-. The lowest BCUT2D eigenvalue weighted by atomic mass is 10.2. The smallest absolute Gasteiger partial charge is 0.0129 e. The van der Waals surface area contributed by atoms with Gasteiger partial charge in [0.05, 0.1) is 0 Å². The van der Waals surface area contributed by atoms with Gasteiger partial charge >= 0.3 is 0 Å². The van der Waals surface area contributed by atoms with Gasteiger partial charge in [-0.15, -0.1) is 0 Å². The maximum atomic E-state index is 11.3. The lowest BCUT2D eigenvalue weighted by Gasteiger charge is -2.32. The van der Waals surface area contributed by atoms with Crippen LogP contribution in [0.1, 0.15) is 25.7 Å². The van der Waals surface area contributed by atoms with Crippen molar-refractivity contribution < 1.29 is 0 Å². The van der Waals surface area contributed by atoms with Crippen LogP contribution in [-0.4, -0.2) is 42.2 Å². The highest BCUT2D eigenvalue weighted by molar-refractivity contribution is 4.83. The molecule has 2 heterocycles. The minimum atomic E-state index is 0.308. The van der Waals surface area contributed by atoms with E-state index in [0.717, 1.165) is 25.9 Å². The Balaban J connectivity index is 1.77. The van der Waals surface area contributed by atoms with Gasteiger partial charge in [0.2, 0.25) is 0 Å². The summed E-state index contributed by atoms with van der Waals surface area (Å²) in [4.78, 5) is 2.43. The van der Waals surface area contributed by atoms with Gasteiger partial charge in [0.25, 0.3) is 0 Å². The summed E-state index contributed by atoms with van der Waals surface area (Å²) in [6.07, 6.45) is 4.86. The summed E-state index contributed by atoms with van der Waals surface area (Å²) in [5.74, 6) is 0. The summed E-state index contributed by atoms with van der Waals surface area (Å²) in [5.41, 5.74) is 0. The molecule has 3 heteroatoms. The third kappa shape index (κ3) is 1.79. The molecule has 2 fully saturated rings. The predicted octanol–water partition coefficient (Wildman–Crippen LogP) is 1.04. The molecule has 0 spiro atoms. The highest BCUT2D eigenvalue weighted by atomic mass is 16.5. The Morgan fingerprint density at radius 2 is 1.83 bits per heavy atom. The Kier molecular flexibility index (Phi) is 2.63. The van der Waals surface area contributed by atoms with Gasteiger partial charge in [0, 0.05) is 12.6 Å². The van der Waals surface area contributed by atoms with Crippen LogP contribution in [0.5, 0.6) is 0 Å². The molecule has 0 amide bonds. The van der Waals surface area contributed by atoms with Crippen molar-refractivity contribution in [1.82, 2.24) is 9.96 Å². The number of hydrogen-bond acceptors (Lipinski definition) is 3. The Morgan fingerprint density at radius 1 is 1.08 bits per heavy atom. The number of hydrogen-bond donors (Lipinski definition) is 0. The fourth-order valence-corrected chi connectivity index (χ4v) is 2.25. The summed E-state index contributed by atoms with van der Waals surface area (Å²) in [6, 6.07) is 0.308. The molecule has 2 saturated heterocycles. The zero-order chi connectivity index (χ0) is 8.39. The van der Waals surface area contributed by atoms with Gasteiger partial charge in [0.1, 0.15) is 0 Å². The van der Waals surface area contributed by atoms with Crippen LogP contribution in [-0.2, 0) is 0 Å². The summed E-state index contributed by atoms with van der Waals surface area (Å²) in [5, 5.41) is 12.5. The Morgan fingerprint density at radius 3 is 2.42 bits per heavy atom. The standard InChI is InChI=1S/C9H17N2O/c12-11-7-3-4-9(11)8-10-5-1-2-6-10/h9H,1-8H2/q-1. The van der Waals surface area contributed by atoms with E-state index in [9.17, 15) is 5.21 Å². The summed E-state index contributed by atoms with van der Waals surface area (Å²) < 4.78 is 0. The van der Waals surface area contributed by atoms with Crippen molar-refractivity contribution in [3.8, 4) is 0 Å². The van der Waals surface area contributed by atoms with Crippen molar-refractivity contribution in [3.63, 3.8) is 0 Å². The molecule has 2 aliphatic heterocycles. The third-order valence-corrected chi connectivity index (χ3v) is 2.99. The van der Waals surface area contributed by atoms with E-state index in [1.165, 1.54) is 31.0 Å². The monoisotopic (exact) mass is 169 g/mol. The zero-order valence-corrected chi connectivity index (χ0v) is 7.54. The second-order valence-electron chi connectivity index (χ2n) is 3.94. The van der Waals surface area contributed by atoms with Crippen molar-refractivity contribution in [3.05, 3.63) is 5.21 Å². The molecule has 12 heavy (non-hydrogen) atoms. The normalized spacial score (nSPS) is 33.2. The van der Waals surface area contributed by atoms with Crippen LogP contribution in [0.4, 0.5) is 0 Å². The lowest BCUT2D eigenvalue weighted by molar-refractivity contribution is 0.238. The molecule has 0 saturated carbocycles. The van der Waals surface area contributed by atoms with E-state index < -0.39 is 0 Å².